The topological polar surface area (TPSA) is 20.3 Å². The predicted octanol–water partition coefficient (Wildman–Crippen LogP) is 3.33. The van der Waals surface area contributed by atoms with Crippen molar-refractivity contribution in [1.29, 1.82) is 0 Å². The van der Waals surface area contributed by atoms with Gasteiger partial charge in [-0.15, -0.1) is 11.3 Å². The zero-order valence-electron chi connectivity index (χ0n) is 8.87. The monoisotopic (exact) mass is 243 g/mol. The summed E-state index contributed by atoms with van der Waals surface area (Å²) in [6.07, 6.45) is 3.34. The number of likely N-dealkylation sites (N-methyl/N-ethyl adjacent to an activating group) is 1. The van der Waals surface area contributed by atoms with Crippen molar-refractivity contribution in [3.8, 4) is 0 Å². The number of thiophene rings is 1. The molecule has 1 amide bonds. The average molecular weight is 244 g/mol. The van der Waals surface area contributed by atoms with E-state index in [1.54, 1.807) is 17.1 Å². The zero-order valence-corrected chi connectivity index (χ0v) is 10.4. The lowest BCUT2D eigenvalue weighted by atomic mass is 10.3. The zero-order chi connectivity index (χ0) is 11.3. The minimum atomic E-state index is 0.0459. The third-order valence-corrected chi connectivity index (χ3v) is 3.19. The molecular weight excluding hydrogens is 230 g/mol. The largest absolute Gasteiger partial charge is 0.334 e. The van der Waals surface area contributed by atoms with E-state index in [0.717, 1.165) is 9.21 Å². The number of rotatable bonds is 4. The van der Waals surface area contributed by atoms with Crippen LogP contribution in [-0.2, 0) is 11.3 Å². The first-order chi connectivity index (χ1) is 7.17. The maximum atomic E-state index is 11.6. The van der Waals surface area contributed by atoms with Crippen LogP contribution in [0.3, 0.4) is 0 Å². The van der Waals surface area contributed by atoms with Gasteiger partial charge in [-0.1, -0.05) is 17.7 Å². The lowest BCUT2D eigenvalue weighted by molar-refractivity contribution is -0.126. The van der Waals surface area contributed by atoms with Crippen LogP contribution in [0, 0.1) is 0 Å². The summed E-state index contributed by atoms with van der Waals surface area (Å²) < 4.78 is 0.763. The Bertz CT molecular complexity index is 359. The standard InChI is InChI=1S/C11H14ClNOS/c1-3-5-11(14)13(4-2)8-9-6-7-10(12)15-9/h3,5-7H,4,8H2,1-2H3. The van der Waals surface area contributed by atoms with E-state index in [4.69, 9.17) is 11.6 Å². The molecule has 0 saturated carbocycles. The fraction of sp³-hybridized carbons (Fsp3) is 0.364. The van der Waals surface area contributed by atoms with E-state index in [1.165, 1.54) is 11.3 Å². The Morgan fingerprint density at radius 3 is 2.80 bits per heavy atom. The molecule has 1 aromatic heterocycles. The van der Waals surface area contributed by atoms with Crippen LogP contribution in [0.4, 0.5) is 0 Å². The van der Waals surface area contributed by atoms with Crippen LogP contribution in [0.25, 0.3) is 0 Å². The van der Waals surface area contributed by atoms with E-state index >= 15 is 0 Å². The molecule has 0 aliphatic carbocycles. The summed E-state index contributed by atoms with van der Waals surface area (Å²) in [5, 5.41) is 0. The molecule has 1 heterocycles. The number of carbonyl (C=O) groups is 1. The normalized spacial score (nSPS) is 10.9. The van der Waals surface area contributed by atoms with Gasteiger partial charge < -0.3 is 4.90 Å². The maximum Gasteiger partial charge on any atom is 0.246 e. The summed E-state index contributed by atoms with van der Waals surface area (Å²) in [7, 11) is 0. The van der Waals surface area contributed by atoms with Crippen molar-refractivity contribution < 1.29 is 4.79 Å². The predicted molar refractivity (Wildman–Crippen MR) is 65.2 cm³/mol. The first-order valence-corrected chi connectivity index (χ1v) is 6.02. The first kappa shape index (κ1) is 12.3. The summed E-state index contributed by atoms with van der Waals surface area (Å²) in [5.74, 6) is 0.0459. The molecule has 4 heteroatoms. The number of amides is 1. The van der Waals surface area contributed by atoms with Gasteiger partial charge in [-0.3, -0.25) is 4.79 Å². The SMILES string of the molecule is CC=CC(=O)N(CC)Cc1ccc(Cl)s1. The molecular formula is C11H14ClNOS. The number of hydrogen-bond acceptors (Lipinski definition) is 2. The van der Waals surface area contributed by atoms with E-state index in [9.17, 15) is 4.79 Å². The Balaban J connectivity index is 2.65. The highest BCUT2D eigenvalue weighted by atomic mass is 35.5. The van der Waals surface area contributed by atoms with Crippen LogP contribution in [0.5, 0.6) is 0 Å². The molecule has 0 fully saturated rings. The molecule has 0 radical (unpaired) electrons. The minimum absolute atomic E-state index is 0.0459. The fourth-order valence-electron chi connectivity index (χ4n) is 1.22. The minimum Gasteiger partial charge on any atom is -0.334 e. The Labute approximate surface area is 99.2 Å². The summed E-state index contributed by atoms with van der Waals surface area (Å²) >= 11 is 7.34. The van der Waals surface area contributed by atoms with Crippen LogP contribution >= 0.6 is 22.9 Å². The number of hydrogen-bond donors (Lipinski definition) is 0. The molecule has 0 saturated heterocycles. The molecule has 1 aromatic rings. The van der Waals surface area contributed by atoms with Crippen molar-refractivity contribution in [2.75, 3.05) is 6.54 Å². The maximum absolute atomic E-state index is 11.6. The van der Waals surface area contributed by atoms with Crippen LogP contribution in [0.2, 0.25) is 4.34 Å². The molecule has 0 N–H and O–H groups in total. The third kappa shape index (κ3) is 3.68. The molecule has 2 nitrogen and oxygen atoms in total. The summed E-state index contributed by atoms with van der Waals surface area (Å²) in [5.41, 5.74) is 0. The van der Waals surface area contributed by atoms with E-state index in [-0.39, 0.29) is 5.91 Å². The summed E-state index contributed by atoms with van der Waals surface area (Å²) in [4.78, 5) is 14.5. The Kier molecular flexibility index (Phi) is 4.85. The van der Waals surface area contributed by atoms with Gasteiger partial charge in [0, 0.05) is 11.4 Å². The highest BCUT2D eigenvalue weighted by molar-refractivity contribution is 7.16. The Morgan fingerprint density at radius 2 is 2.33 bits per heavy atom. The number of carbonyl (C=O) groups excluding carboxylic acids is 1. The quantitative estimate of drug-likeness (QED) is 0.743. The Hall–Kier alpha value is -0.800. The van der Waals surface area contributed by atoms with Gasteiger partial charge in [0.1, 0.15) is 0 Å². The molecule has 1 rings (SSSR count). The van der Waals surface area contributed by atoms with Crippen molar-refractivity contribution in [2.24, 2.45) is 0 Å². The second-order valence-electron chi connectivity index (χ2n) is 3.06. The fourth-order valence-corrected chi connectivity index (χ4v) is 2.32. The smallest absolute Gasteiger partial charge is 0.246 e. The van der Waals surface area contributed by atoms with Crippen molar-refractivity contribution in [3.63, 3.8) is 0 Å². The van der Waals surface area contributed by atoms with Gasteiger partial charge in [-0.25, -0.2) is 0 Å². The second kappa shape index (κ2) is 5.93. The number of halogens is 1. The highest BCUT2D eigenvalue weighted by Crippen LogP contribution is 2.22. The van der Waals surface area contributed by atoms with Crippen molar-refractivity contribution in [2.45, 2.75) is 20.4 Å². The van der Waals surface area contributed by atoms with Gasteiger partial charge in [0.25, 0.3) is 0 Å². The van der Waals surface area contributed by atoms with E-state index in [0.29, 0.717) is 13.1 Å². The lowest BCUT2D eigenvalue weighted by Crippen LogP contribution is -2.28. The average Bonchev–Trinajstić information content (AvgIpc) is 2.61. The van der Waals surface area contributed by atoms with Crippen LogP contribution in [-0.4, -0.2) is 17.4 Å². The number of nitrogens with zero attached hydrogens (tertiary/aromatic N) is 1. The van der Waals surface area contributed by atoms with E-state index in [1.807, 2.05) is 26.0 Å². The van der Waals surface area contributed by atoms with Gasteiger partial charge >= 0.3 is 0 Å². The summed E-state index contributed by atoms with van der Waals surface area (Å²) in [6, 6.07) is 3.81. The van der Waals surface area contributed by atoms with Crippen LogP contribution in [0.15, 0.2) is 24.3 Å². The van der Waals surface area contributed by atoms with Crippen LogP contribution in [0.1, 0.15) is 18.7 Å². The molecule has 82 valence electrons. The van der Waals surface area contributed by atoms with E-state index in [2.05, 4.69) is 0 Å². The molecule has 0 aliphatic heterocycles. The first-order valence-electron chi connectivity index (χ1n) is 4.83. The molecule has 0 bridgehead atoms. The van der Waals surface area contributed by atoms with Crippen molar-refractivity contribution >= 4 is 28.8 Å². The molecule has 15 heavy (non-hydrogen) atoms. The third-order valence-electron chi connectivity index (χ3n) is 1.98. The van der Waals surface area contributed by atoms with Gasteiger partial charge in [0.05, 0.1) is 10.9 Å². The van der Waals surface area contributed by atoms with Gasteiger partial charge in [0.2, 0.25) is 5.91 Å². The second-order valence-corrected chi connectivity index (χ2v) is 4.86. The molecule has 0 atom stereocenters. The molecule has 0 aliphatic rings. The highest BCUT2D eigenvalue weighted by Gasteiger charge is 2.09. The van der Waals surface area contributed by atoms with Crippen molar-refractivity contribution in [1.82, 2.24) is 4.90 Å². The van der Waals surface area contributed by atoms with Crippen LogP contribution < -0.4 is 0 Å². The Morgan fingerprint density at radius 1 is 1.60 bits per heavy atom. The molecule has 0 aromatic carbocycles. The van der Waals surface area contributed by atoms with E-state index < -0.39 is 0 Å². The van der Waals surface area contributed by atoms with Gasteiger partial charge in [0.15, 0.2) is 0 Å². The van der Waals surface area contributed by atoms with Gasteiger partial charge in [-0.05, 0) is 32.1 Å². The van der Waals surface area contributed by atoms with Crippen molar-refractivity contribution in [3.05, 3.63) is 33.5 Å². The molecule has 0 unspecified atom stereocenters. The molecule has 0 spiro atoms. The lowest BCUT2D eigenvalue weighted by Gasteiger charge is -2.17. The number of allylic oxidation sites excluding steroid dienone is 1. The summed E-state index contributed by atoms with van der Waals surface area (Å²) in [6.45, 7) is 5.15. The van der Waals surface area contributed by atoms with Gasteiger partial charge in [-0.2, -0.15) is 0 Å².